The van der Waals surface area contributed by atoms with Crippen LogP contribution in [-0.4, -0.2) is 6.26 Å². The third-order valence-corrected chi connectivity index (χ3v) is 2.77. The van der Waals surface area contributed by atoms with Gasteiger partial charge in [-0.05, 0) is 48.8 Å². The van der Waals surface area contributed by atoms with E-state index in [-0.39, 0.29) is 0 Å². The molecule has 1 heteroatoms. The van der Waals surface area contributed by atoms with Gasteiger partial charge in [-0.1, -0.05) is 6.07 Å². The van der Waals surface area contributed by atoms with Crippen LogP contribution in [0.25, 0.3) is 0 Å². The lowest BCUT2D eigenvalue weighted by molar-refractivity contribution is 1.11. The molecule has 11 heavy (non-hydrogen) atoms. The zero-order chi connectivity index (χ0) is 7.68. The van der Waals surface area contributed by atoms with Crippen LogP contribution in [0.3, 0.4) is 0 Å². The Hall–Kier alpha value is -0.430. The summed E-state index contributed by atoms with van der Waals surface area (Å²) >= 11 is 1.81. The number of hydrogen-bond acceptors (Lipinski definition) is 1. The first-order chi connectivity index (χ1) is 5.40. The van der Waals surface area contributed by atoms with Crippen molar-refractivity contribution in [3.05, 3.63) is 29.8 Å². The second-order valence-electron chi connectivity index (χ2n) is 2.96. The average Bonchev–Trinajstić information content (AvgIpc) is 2.87. The second kappa shape index (κ2) is 2.90. The summed E-state index contributed by atoms with van der Waals surface area (Å²) in [6, 6.07) is 9.72. The summed E-state index contributed by atoms with van der Waals surface area (Å²) in [6.45, 7) is 0. The molecule has 1 saturated carbocycles. The Morgan fingerprint density at radius 3 is 3.00 bits per heavy atom. The van der Waals surface area contributed by atoms with Gasteiger partial charge >= 0.3 is 0 Å². The lowest BCUT2D eigenvalue weighted by Gasteiger charge is -1.99. The molecule has 0 saturated heterocycles. The second-order valence-corrected chi connectivity index (χ2v) is 3.84. The SMILES string of the molecule is CSc1cc[c]c(C2CC2)c1. The first kappa shape index (κ1) is 7.23. The maximum absolute atomic E-state index is 3.29. The van der Waals surface area contributed by atoms with Gasteiger partial charge in [-0.3, -0.25) is 0 Å². The van der Waals surface area contributed by atoms with Crippen LogP contribution in [0.1, 0.15) is 24.3 Å². The quantitative estimate of drug-likeness (QED) is 0.604. The minimum Gasteiger partial charge on any atom is -0.130 e. The molecule has 0 amide bonds. The molecule has 0 atom stereocenters. The molecule has 1 aromatic carbocycles. The van der Waals surface area contributed by atoms with Crippen molar-refractivity contribution >= 4 is 11.8 Å². The van der Waals surface area contributed by atoms with Crippen LogP contribution >= 0.6 is 11.8 Å². The van der Waals surface area contributed by atoms with E-state index in [1.54, 1.807) is 0 Å². The van der Waals surface area contributed by atoms with Crippen molar-refractivity contribution in [1.82, 2.24) is 0 Å². The van der Waals surface area contributed by atoms with Crippen LogP contribution in [0.4, 0.5) is 0 Å². The highest BCUT2D eigenvalue weighted by Gasteiger charge is 2.23. The maximum atomic E-state index is 3.29. The van der Waals surface area contributed by atoms with Crippen molar-refractivity contribution in [2.75, 3.05) is 6.26 Å². The van der Waals surface area contributed by atoms with E-state index in [9.17, 15) is 0 Å². The highest BCUT2D eigenvalue weighted by molar-refractivity contribution is 7.98. The van der Waals surface area contributed by atoms with E-state index in [1.807, 2.05) is 17.8 Å². The molecule has 1 aliphatic rings. The van der Waals surface area contributed by atoms with Gasteiger partial charge in [-0.2, -0.15) is 0 Å². The fourth-order valence-electron chi connectivity index (χ4n) is 1.22. The normalized spacial score (nSPS) is 16.8. The summed E-state index contributed by atoms with van der Waals surface area (Å²) in [5, 5.41) is 0. The van der Waals surface area contributed by atoms with Crippen LogP contribution in [0, 0.1) is 6.07 Å². The first-order valence-electron chi connectivity index (χ1n) is 3.96. The lowest BCUT2D eigenvalue weighted by Crippen LogP contribution is -1.79. The van der Waals surface area contributed by atoms with Gasteiger partial charge < -0.3 is 0 Å². The van der Waals surface area contributed by atoms with Crippen LogP contribution in [0.2, 0.25) is 0 Å². The predicted octanol–water partition coefficient (Wildman–Crippen LogP) is 3.09. The lowest BCUT2D eigenvalue weighted by atomic mass is 10.1. The number of thioether (sulfide) groups is 1. The third-order valence-electron chi connectivity index (χ3n) is 2.05. The topological polar surface area (TPSA) is 0 Å². The van der Waals surface area contributed by atoms with Gasteiger partial charge in [0.1, 0.15) is 0 Å². The third kappa shape index (κ3) is 1.59. The van der Waals surface area contributed by atoms with Crippen molar-refractivity contribution < 1.29 is 0 Å². The van der Waals surface area contributed by atoms with Crippen LogP contribution in [0.5, 0.6) is 0 Å². The molecule has 57 valence electrons. The number of hydrogen-bond donors (Lipinski definition) is 0. The largest absolute Gasteiger partial charge is 0.130 e. The molecule has 2 rings (SSSR count). The number of benzene rings is 1. The van der Waals surface area contributed by atoms with E-state index in [2.05, 4.69) is 24.5 Å². The Balaban J connectivity index is 2.26. The zero-order valence-electron chi connectivity index (χ0n) is 6.63. The van der Waals surface area contributed by atoms with E-state index >= 15 is 0 Å². The Morgan fingerprint density at radius 1 is 1.55 bits per heavy atom. The van der Waals surface area contributed by atoms with Gasteiger partial charge in [0.25, 0.3) is 0 Å². The van der Waals surface area contributed by atoms with Gasteiger partial charge in [0.15, 0.2) is 0 Å². The summed E-state index contributed by atoms with van der Waals surface area (Å²) in [6.07, 6.45) is 4.86. The molecule has 1 fully saturated rings. The van der Waals surface area contributed by atoms with Crippen molar-refractivity contribution in [3.63, 3.8) is 0 Å². The molecule has 1 aromatic rings. The van der Waals surface area contributed by atoms with Gasteiger partial charge in [-0.15, -0.1) is 11.8 Å². The van der Waals surface area contributed by atoms with E-state index < -0.39 is 0 Å². The molecule has 0 heterocycles. The van der Waals surface area contributed by atoms with Crippen molar-refractivity contribution in [1.29, 1.82) is 0 Å². The zero-order valence-corrected chi connectivity index (χ0v) is 7.45. The Kier molecular flexibility index (Phi) is 1.91. The first-order valence-corrected chi connectivity index (χ1v) is 5.18. The Morgan fingerprint density at radius 2 is 2.36 bits per heavy atom. The molecular weight excluding hydrogens is 152 g/mol. The molecular formula is C10H11S. The van der Waals surface area contributed by atoms with Gasteiger partial charge in [0, 0.05) is 4.90 Å². The molecule has 0 aromatic heterocycles. The number of rotatable bonds is 2. The average molecular weight is 163 g/mol. The van der Waals surface area contributed by atoms with E-state index in [4.69, 9.17) is 0 Å². The van der Waals surface area contributed by atoms with Crippen molar-refractivity contribution in [3.8, 4) is 0 Å². The van der Waals surface area contributed by atoms with Crippen LogP contribution in [-0.2, 0) is 0 Å². The van der Waals surface area contributed by atoms with E-state index in [1.165, 1.54) is 23.3 Å². The van der Waals surface area contributed by atoms with Crippen molar-refractivity contribution in [2.45, 2.75) is 23.7 Å². The minimum atomic E-state index is 0.835. The van der Waals surface area contributed by atoms with Crippen molar-refractivity contribution in [2.24, 2.45) is 0 Å². The van der Waals surface area contributed by atoms with Gasteiger partial charge in [0.2, 0.25) is 0 Å². The molecule has 0 aliphatic heterocycles. The molecule has 0 N–H and O–H groups in total. The van der Waals surface area contributed by atoms with E-state index in [0.717, 1.165) is 5.92 Å². The van der Waals surface area contributed by atoms with Crippen LogP contribution < -0.4 is 0 Å². The van der Waals surface area contributed by atoms with Gasteiger partial charge in [0.05, 0.1) is 0 Å². The summed E-state index contributed by atoms with van der Waals surface area (Å²) in [7, 11) is 0. The predicted molar refractivity (Wildman–Crippen MR) is 49.0 cm³/mol. The Labute approximate surface area is 72.0 Å². The fraction of sp³-hybridized carbons (Fsp3) is 0.400. The highest BCUT2D eigenvalue weighted by Crippen LogP contribution is 2.40. The Bertz CT molecular complexity index is 251. The summed E-state index contributed by atoms with van der Waals surface area (Å²) < 4.78 is 0. The summed E-state index contributed by atoms with van der Waals surface area (Å²) in [4.78, 5) is 1.37. The standard InChI is InChI=1S/C10H11S/c1-11-10-4-2-3-9(7-10)8-5-6-8/h2,4,7-8H,5-6H2,1H3. The smallest absolute Gasteiger partial charge is 0.00724 e. The molecule has 0 bridgehead atoms. The van der Waals surface area contributed by atoms with Crippen LogP contribution in [0.15, 0.2) is 23.1 Å². The fourth-order valence-corrected chi connectivity index (χ4v) is 1.67. The summed E-state index contributed by atoms with van der Waals surface area (Å²) in [5.41, 5.74) is 1.41. The highest BCUT2D eigenvalue weighted by atomic mass is 32.2. The molecule has 0 nitrogen and oxygen atoms in total. The van der Waals surface area contributed by atoms with Gasteiger partial charge in [-0.25, -0.2) is 0 Å². The summed E-state index contributed by atoms with van der Waals surface area (Å²) in [5.74, 6) is 0.835. The molecule has 0 unspecified atom stereocenters. The van der Waals surface area contributed by atoms with E-state index in [0.29, 0.717) is 0 Å². The monoisotopic (exact) mass is 163 g/mol. The molecule has 1 aliphatic carbocycles. The maximum Gasteiger partial charge on any atom is 0.00724 e. The molecule has 1 radical (unpaired) electrons. The minimum absolute atomic E-state index is 0.835. The molecule has 0 spiro atoms.